The Labute approximate surface area is 256 Å². The van der Waals surface area contributed by atoms with Crippen molar-refractivity contribution in [1.82, 2.24) is 29.7 Å². The van der Waals surface area contributed by atoms with E-state index in [1.54, 1.807) is 6.20 Å². The number of hydrogen-bond acceptors (Lipinski definition) is 6. The summed E-state index contributed by atoms with van der Waals surface area (Å²) in [5.74, 6) is 3.84. The molecule has 4 heterocycles. The number of imidazole rings is 1. The summed E-state index contributed by atoms with van der Waals surface area (Å²) in [6.45, 7) is 5.15. The summed E-state index contributed by atoms with van der Waals surface area (Å²) >= 11 is 0. The van der Waals surface area contributed by atoms with Gasteiger partial charge >= 0.3 is 0 Å². The topological polar surface area (TPSA) is 102 Å². The van der Waals surface area contributed by atoms with Gasteiger partial charge in [-0.1, -0.05) is 30.7 Å². The van der Waals surface area contributed by atoms with Gasteiger partial charge in [0.05, 0.1) is 11.3 Å². The van der Waals surface area contributed by atoms with Crippen LogP contribution in [0.1, 0.15) is 42.0 Å². The number of fused-ring (bicyclic) bond motifs is 2. The van der Waals surface area contributed by atoms with Crippen molar-refractivity contribution in [1.29, 1.82) is 0 Å². The molecule has 1 unspecified atom stereocenters. The van der Waals surface area contributed by atoms with E-state index in [0.717, 1.165) is 78.0 Å². The second-order valence-electron chi connectivity index (χ2n) is 11.4. The highest BCUT2D eigenvalue weighted by Gasteiger charge is 2.29. The number of terminal acetylenes is 1. The van der Waals surface area contributed by atoms with Crippen molar-refractivity contribution >= 4 is 22.9 Å². The van der Waals surface area contributed by atoms with Crippen molar-refractivity contribution in [2.45, 2.75) is 37.8 Å². The van der Waals surface area contributed by atoms with E-state index < -0.39 is 0 Å². The van der Waals surface area contributed by atoms with E-state index >= 15 is 0 Å². The molecule has 5 aromatic rings. The summed E-state index contributed by atoms with van der Waals surface area (Å²) in [7, 11) is 0. The summed E-state index contributed by atoms with van der Waals surface area (Å²) in [5.41, 5.74) is 14.8. The van der Waals surface area contributed by atoms with Crippen LogP contribution in [-0.4, -0.2) is 49.5 Å². The van der Waals surface area contributed by atoms with Gasteiger partial charge in [0.1, 0.15) is 11.3 Å². The Hall–Kier alpha value is -5.26. The normalized spacial score (nSPS) is 16.5. The summed E-state index contributed by atoms with van der Waals surface area (Å²) < 4.78 is 2.09. The lowest BCUT2D eigenvalue weighted by Crippen LogP contribution is -2.45. The molecule has 44 heavy (non-hydrogen) atoms. The molecule has 218 valence electrons. The second-order valence-corrected chi connectivity index (χ2v) is 11.4. The molecule has 0 radical (unpaired) electrons. The zero-order valence-electron chi connectivity index (χ0n) is 24.4. The Balaban J connectivity index is 1.25. The van der Waals surface area contributed by atoms with Crippen molar-refractivity contribution in [2.24, 2.45) is 0 Å². The molecule has 8 nitrogen and oxygen atoms in total. The number of nitrogens with zero attached hydrogens (tertiary/aromatic N) is 5. The predicted octanol–water partition coefficient (Wildman–Crippen LogP) is 5.47. The number of anilines is 1. The average Bonchev–Trinajstić information content (AvgIpc) is 3.65. The number of carbonyl (C=O) groups excluding carboxylic acids is 1. The molecular formula is C36H33N7O. The molecule has 8 heteroatoms. The van der Waals surface area contributed by atoms with Crippen molar-refractivity contribution in [3.63, 3.8) is 0 Å². The first-order chi connectivity index (χ1) is 21.5. The van der Waals surface area contributed by atoms with E-state index in [0.29, 0.717) is 17.7 Å². The molecule has 3 aromatic heterocycles. The monoisotopic (exact) mass is 579 g/mol. The van der Waals surface area contributed by atoms with Gasteiger partial charge in [0.25, 0.3) is 0 Å². The standard InChI is InChI=1S/C36H33N7O/c1-3-23-7-5-8-25(21-23)30-14-15-32-36(40-30)43(35(41-32)29-9-6-18-38-34(29)37)27-11-12-28-24(22-27)10-13-31(28)39-26-16-19-42(20-17-26)33(44)4-2/h1,4-9,11-12,14-15,18,21-22,26,31,39H,2,10,13,16-17,19-20H2,(H2,37,38). The summed E-state index contributed by atoms with van der Waals surface area (Å²) in [4.78, 5) is 28.3. The maximum Gasteiger partial charge on any atom is 0.245 e. The molecule has 7 rings (SSSR count). The maximum atomic E-state index is 12.0. The molecule has 0 spiro atoms. The predicted molar refractivity (Wildman–Crippen MR) is 174 cm³/mol. The van der Waals surface area contributed by atoms with Gasteiger partial charge in [-0.15, -0.1) is 6.42 Å². The molecule has 1 saturated heterocycles. The van der Waals surface area contributed by atoms with E-state index in [9.17, 15) is 4.79 Å². The van der Waals surface area contributed by atoms with Gasteiger partial charge in [-0.3, -0.25) is 9.36 Å². The third kappa shape index (κ3) is 5.01. The maximum absolute atomic E-state index is 12.0. The third-order valence-electron chi connectivity index (χ3n) is 8.79. The number of rotatable bonds is 6. The number of aromatic nitrogens is 4. The first kappa shape index (κ1) is 27.6. The number of aryl methyl sites for hydroxylation is 1. The van der Waals surface area contributed by atoms with E-state index in [2.05, 4.69) is 45.6 Å². The quantitative estimate of drug-likeness (QED) is 0.204. The second kappa shape index (κ2) is 11.4. The van der Waals surface area contributed by atoms with Gasteiger partial charge in [-0.2, -0.15) is 0 Å². The van der Waals surface area contributed by atoms with Gasteiger partial charge in [-0.25, -0.2) is 15.0 Å². The number of likely N-dealkylation sites (tertiary alicyclic amines) is 1. The highest BCUT2D eigenvalue weighted by molar-refractivity contribution is 5.87. The Morgan fingerprint density at radius 1 is 1.05 bits per heavy atom. The zero-order valence-corrected chi connectivity index (χ0v) is 24.4. The Morgan fingerprint density at radius 2 is 1.91 bits per heavy atom. The number of hydrogen-bond donors (Lipinski definition) is 2. The van der Waals surface area contributed by atoms with Crippen molar-refractivity contribution in [3.05, 3.63) is 102 Å². The number of nitrogen functional groups attached to an aromatic ring is 1. The fourth-order valence-corrected chi connectivity index (χ4v) is 6.51. The number of nitrogens with two attached hydrogens (primary N) is 1. The SMILES string of the molecule is C#Cc1cccc(-c2ccc3nc(-c4cccnc4N)n(-c4ccc5c(c4)CCC5NC4CCN(C(=O)C=C)CC4)c3n2)c1. The van der Waals surface area contributed by atoms with Crippen LogP contribution in [0.2, 0.25) is 0 Å². The molecule has 2 aliphatic rings. The zero-order chi connectivity index (χ0) is 30.2. The molecule has 3 N–H and O–H groups in total. The minimum Gasteiger partial charge on any atom is -0.383 e. The molecule has 0 bridgehead atoms. The van der Waals surface area contributed by atoms with Crippen molar-refractivity contribution in [3.8, 4) is 40.7 Å². The lowest BCUT2D eigenvalue weighted by Gasteiger charge is -2.33. The molecular weight excluding hydrogens is 546 g/mol. The van der Waals surface area contributed by atoms with Crippen LogP contribution in [0, 0.1) is 12.3 Å². The van der Waals surface area contributed by atoms with Gasteiger partial charge < -0.3 is 16.0 Å². The number of benzene rings is 2. The minimum absolute atomic E-state index is 0.0179. The van der Waals surface area contributed by atoms with Crippen molar-refractivity contribution < 1.29 is 4.79 Å². The smallest absolute Gasteiger partial charge is 0.245 e. The highest BCUT2D eigenvalue weighted by atomic mass is 16.2. The van der Waals surface area contributed by atoms with Crippen LogP contribution in [-0.2, 0) is 11.2 Å². The molecule has 1 fully saturated rings. The van der Waals surface area contributed by atoms with E-state index in [4.69, 9.17) is 22.1 Å². The molecule has 0 saturated carbocycles. The lowest BCUT2D eigenvalue weighted by atomic mass is 10.0. The first-order valence-corrected chi connectivity index (χ1v) is 15.0. The minimum atomic E-state index is 0.0179. The number of nitrogens with one attached hydrogen (secondary N) is 1. The number of carbonyl (C=O) groups is 1. The van der Waals surface area contributed by atoms with Gasteiger partial charge in [0.15, 0.2) is 11.5 Å². The van der Waals surface area contributed by atoms with Crippen LogP contribution >= 0.6 is 0 Å². The van der Waals surface area contributed by atoms with Crippen molar-refractivity contribution in [2.75, 3.05) is 18.8 Å². The van der Waals surface area contributed by atoms with E-state index in [-0.39, 0.29) is 11.9 Å². The van der Waals surface area contributed by atoms with Crippen LogP contribution in [0.5, 0.6) is 0 Å². The third-order valence-corrected chi connectivity index (χ3v) is 8.79. The number of pyridine rings is 2. The van der Waals surface area contributed by atoms with Crippen LogP contribution in [0.25, 0.3) is 39.5 Å². The summed E-state index contributed by atoms with van der Waals surface area (Å²) in [6, 6.07) is 22.9. The fraction of sp³-hybridized carbons (Fsp3) is 0.222. The van der Waals surface area contributed by atoms with Crippen LogP contribution in [0.15, 0.2) is 85.6 Å². The molecule has 1 aliphatic carbocycles. The summed E-state index contributed by atoms with van der Waals surface area (Å²) in [5, 5.41) is 3.88. The van der Waals surface area contributed by atoms with E-state index in [1.807, 2.05) is 53.4 Å². The fourth-order valence-electron chi connectivity index (χ4n) is 6.51. The molecule has 2 aromatic carbocycles. The highest BCUT2D eigenvalue weighted by Crippen LogP contribution is 2.37. The lowest BCUT2D eigenvalue weighted by molar-refractivity contribution is -0.127. The first-order valence-electron chi connectivity index (χ1n) is 15.0. The van der Waals surface area contributed by atoms with Gasteiger partial charge in [0, 0.05) is 48.2 Å². The van der Waals surface area contributed by atoms with Crippen LogP contribution in [0.3, 0.4) is 0 Å². The summed E-state index contributed by atoms with van der Waals surface area (Å²) in [6.07, 6.45) is 12.7. The Morgan fingerprint density at radius 3 is 2.70 bits per heavy atom. The van der Waals surface area contributed by atoms with E-state index in [1.165, 1.54) is 17.2 Å². The Bertz CT molecular complexity index is 1940. The van der Waals surface area contributed by atoms with Gasteiger partial charge in [0.2, 0.25) is 5.91 Å². The molecule has 1 amide bonds. The van der Waals surface area contributed by atoms with Gasteiger partial charge in [-0.05, 0) is 91.4 Å². The molecule has 1 aliphatic heterocycles. The molecule has 1 atom stereocenters. The number of amides is 1. The largest absolute Gasteiger partial charge is 0.383 e. The average molecular weight is 580 g/mol. The number of piperidine rings is 1. The van der Waals surface area contributed by atoms with Crippen LogP contribution < -0.4 is 11.1 Å². The van der Waals surface area contributed by atoms with Crippen LogP contribution in [0.4, 0.5) is 5.82 Å². The Kier molecular flexibility index (Phi) is 7.17.